The average Bonchev–Trinajstić information content (AvgIpc) is 3.08. The molecular weight excluding hydrogens is 278 g/mol. The van der Waals surface area contributed by atoms with E-state index in [0.29, 0.717) is 24.0 Å². The Balaban J connectivity index is 1.77. The van der Waals surface area contributed by atoms with Crippen molar-refractivity contribution < 1.29 is 9.63 Å². The van der Waals surface area contributed by atoms with Crippen LogP contribution < -0.4 is 0 Å². The molecule has 0 saturated heterocycles. The van der Waals surface area contributed by atoms with Gasteiger partial charge in [0.25, 0.3) is 0 Å². The summed E-state index contributed by atoms with van der Waals surface area (Å²) >= 11 is 1.58. The number of hydrogen-bond acceptors (Lipinski definition) is 7. The predicted molar refractivity (Wildman–Crippen MR) is 72.0 cm³/mol. The van der Waals surface area contributed by atoms with E-state index in [1.54, 1.807) is 36.1 Å². The van der Waals surface area contributed by atoms with Crippen LogP contribution in [0, 0.1) is 0 Å². The van der Waals surface area contributed by atoms with Crippen LogP contribution >= 0.6 is 11.3 Å². The fourth-order valence-corrected chi connectivity index (χ4v) is 2.26. The van der Waals surface area contributed by atoms with E-state index in [2.05, 4.69) is 20.5 Å². The Hall–Kier alpha value is -2.06. The highest BCUT2D eigenvalue weighted by Gasteiger charge is 2.20. The van der Waals surface area contributed by atoms with Gasteiger partial charge in [-0.3, -0.25) is 0 Å². The molecule has 20 heavy (non-hydrogen) atoms. The molecule has 0 unspecified atom stereocenters. The van der Waals surface area contributed by atoms with E-state index in [4.69, 9.17) is 4.52 Å². The van der Waals surface area contributed by atoms with Gasteiger partial charge in [0.2, 0.25) is 11.7 Å². The molecule has 8 heteroatoms. The Morgan fingerprint density at radius 1 is 1.45 bits per heavy atom. The van der Waals surface area contributed by atoms with Crippen molar-refractivity contribution in [1.29, 1.82) is 0 Å². The predicted octanol–water partition coefficient (Wildman–Crippen LogP) is 1.67. The summed E-state index contributed by atoms with van der Waals surface area (Å²) in [6.45, 7) is 3.63. The van der Waals surface area contributed by atoms with E-state index in [1.165, 1.54) is 0 Å². The van der Waals surface area contributed by atoms with Gasteiger partial charge in [0.15, 0.2) is 0 Å². The Kier molecular flexibility index (Phi) is 3.11. The number of hydrogen-bond donors (Lipinski definition) is 1. The van der Waals surface area contributed by atoms with Crippen molar-refractivity contribution >= 4 is 11.3 Å². The third-order valence-corrected chi connectivity index (χ3v) is 3.39. The molecule has 0 amide bonds. The molecule has 0 bridgehead atoms. The summed E-state index contributed by atoms with van der Waals surface area (Å²) in [5.74, 6) is 1.00. The lowest BCUT2D eigenvalue weighted by Crippen LogP contribution is -2.15. The lowest BCUT2D eigenvalue weighted by atomic mass is 10.1. The monoisotopic (exact) mass is 291 g/mol. The van der Waals surface area contributed by atoms with Crippen molar-refractivity contribution in [2.75, 3.05) is 0 Å². The zero-order valence-electron chi connectivity index (χ0n) is 11.0. The van der Waals surface area contributed by atoms with Crippen LogP contribution in [0.15, 0.2) is 27.5 Å². The first kappa shape index (κ1) is 12.9. The lowest BCUT2D eigenvalue weighted by molar-refractivity contribution is 0.0737. The average molecular weight is 291 g/mol. The first-order chi connectivity index (χ1) is 9.52. The smallest absolute Gasteiger partial charge is 0.248 e. The zero-order valence-corrected chi connectivity index (χ0v) is 11.8. The number of aliphatic hydroxyl groups is 1. The van der Waals surface area contributed by atoms with Gasteiger partial charge in [-0.05, 0) is 25.3 Å². The second-order valence-electron chi connectivity index (χ2n) is 4.88. The minimum Gasteiger partial charge on any atom is -0.384 e. The van der Waals surface area contributed by atoms with Gasteiger partial charge in [-0.1, -0.05) is 10.4 Å². The Labute approximate surface area is 118 Å². The van der Waals surface area contributed by atoms with Crippen molar-refractivity contribution in [3.05, 3.63) is 34.6 Å². The Morgan fingerprint density at radius 2 is 2.30 bits per heavy atom. The highest BCUT2D eigenvalue weighted by molar-refractivity contribution is 7.08. The van der Waals surface area contributed by atoms with Crippen LogP contribution in [0.5, 0.6) is 0 Å². The third kappa shape index (κ3) is 2.61. The molecule has 3 aromatic heterocycles. The molecule has 0 radical (unpaired) electrons. The highest BCUT2D eigenvalue weighted by Crippen LogP contribution is 2.19. The minimum atomic E-state index is -1.02. The maximum absolute atomic E-state index is 9.83. The number of nitrogens with zero attached hydrogens (tertiary/aromatic N) is 5. The fourth-order valence-electron chi connectivity index (χ4n) is 1.62. The summed E-state index contributed by atoms with van der Waals surface area (Å²) in [7, 11) is 0. The Morgan fingerprint density at radius 3 is 2.95 bits per heavy atom. The number of aromatic nitrogens is 5. The van der Waals surface area contributed by atoms with Gasteiger partial charge in [-0.2, -0.15) is 16.3 Å². The van der Waals surface area contributed by atoms with Crippen LogP contribution in [0.3, 0.4) is 0 Å². The van der Waals surface area contributed by atoms with Crippen LogP contribution in [0.1, 0.15) is 25.4 Å². The molecule has 0 saturated carbocycles. The molecule has 3 aromatic rings. The normalized spacial score (nSPS) is 11.9. The minimum absolute atomic E-state index is 0.320. The van der Waals surface area contributed by atoms with E-state index < -0.39 is 5.60 Å². The fraction of sp³-hybridized carbons (Fsp3) is 0.333. The second-order valence-corrected chi connectivity index (χ2v) is 5.66. The van der Waals surface area contributed by atoms with Crippen LogP contribution in [0.4, 0.5) is 0 Å². The molecular formula is C12H13N5O2S. The van der Waals surface area contributed by atoms with E-state index in [0.717, 1.165) is 5.56 Å². The van der Waals surface area contributed by atoms with Crippen LogP contribution in [0.2, 0.25) is 0 Å². The van der Waals surface area contributed by atoms with Crippen molar-refractivity contribution in [1.82, 2.24) is 25.1 Å². The van der Waals surface area contributed by atoms with Crippen molar-refractivity contribution in [3.8, 4) is 11.4 Å². The molecule has 3 rings (SSSR count). The lowest BCUT2D eigenvalue weighted by Gasteiger charge is -2.11. The maximum Gasteiger partial charge on any atom is 0.248 e. The highest BCUT2D eigenvalue weighted by atomic mass is 32.1. The van der Waals surface area contributed by atoms with E-state index >= 15 is 0 Å². The Bertz CT molecular complexity index is 696. The summed E-state index contributed by atoms with van der Waals surface area (Å²) in [6, 6.07) is 1.93. The second kappa shape index (κ2) is 4.80. The van der Waals surface area contributed by atoms with Gasteiger partial charge in [-0.25, -0.2) is 4.68 Å². The molecule has 0 aliphatic rings. The van der Waals surface area contributed by atoms with Crippen LogP contribution in [-0.2, 0) is 12.1 Å². The van der Waals surface area contributed by atoms with Crippen LogP contribution in [0.25, 0.3) is 11.4 Å². The standard InChI is InChI=1S/C12H13N5O2S/c1-12(2,18)9-5-17(16-14-9)6-10-13-11(15-19-10)8-3-4-20-7-8/h3-5,7,18H,6H2,1-2H3. The molecule has 3 heterocycles. The molecule has 0 aliphatic carbocycles. The van der Waals surface area contributed by atoms with Gasteiger partial charge in [0, 0.05) is 10.9 Å². The van der Waals surface area contributed by atoms with Gasteiger partial charge >= 0.3 is 0 Å². The molecule has 0 spiro atoms. The van der Waals surface area contributed by atoms with Crippen LogP contribution in [-0.4, -0.2) is 30.2 Å². The van der Waals surface area contributed by atoms with E-state index in [9.17, 15) is 5.11 Å². The molecule has 0 aromatic carbocycles. The SMILES string of the molecule is CC(C)(O)c1cn(Cc2nc(-c3ccsc3)no2)nn1. The number of rotatable bonds is 4. The quantitative estimate of drug-likeness (QED) is 0.786. The summed E-state index contributed by atoms with van der Waals surface area (Å²) in [5, 5.41) is 25.5. The van der Waals surface area contributed by atoms with Gasteiger partial charge < -0.3 is 9.63 Å². The molecule has 0 aliphatic heterocycles. The summed E-state index contributed by atoms with van der Waals surface area (Å²) in [4.78, 5) is 4.30. The van der Waals surface area contributed by atoms with Gasteiger partial charge in [-0.15, -0.1) is 5.10 Å². The van der Waals surface area contributed by atoms with Crippen molar-refractivity contribution in [3.63, 3.8) is 0 Å². The summed E-state index contributed by atoms with van der Waals surface area (Å²) < 4.78 is 6.73. The maximum atomic E-state index is 9.83. The first-order valence-corrected chi connectivity index (χ1v) is 6.95. The third-order valence-electron chi connectivity index (χ3n) is 2.71. The first-order valence-electron chi connectivity index (χ1n) is 6.00. The topological polar surface area (TPSA) is 89.9 Å². The van der Waals surface area contributed by atoms with Gasteiger partial charge in [0.05, 0.1) is 6.20 Å². The van der Waals surface area contributed by atoms with Gasteiger partial charge in [0.1, 0.15) is 17.8 Å². The van der Waals surface area contributed by atoms with Crippen molar-refractivity contribution in [2.45, 2.75) is 26.0 Å². The van der Waals surface area contributed by atoms with E-state index in [1.807, 2.05) is 16.8 Å². The molecule has 0 atom stereocenters. The van der Waals surface area contributed by atoms with Crippen molar-refractivity contribution in [2.24, 2.45) is 0 Å². The molecule has 7 nitrogen and oxygen atoms in total. The zero-order chi connectivity index (χ0) is 14.2. The summed E-state index contributed by atoms with van der Waals surface area (Å²) in [5.41, 5.74) is 0.408. The summed E-state index contributed by atoms with van der Waals surface area (Å²) in [6.07, 6.45) is 1.66. The molecule has 1 N–H and O–H groups in total. The van der Waals surface area contributed by atoms with E-state index in [-0.39, 0.29) is 0 Å². The largest absolute Gasteiger partial charge is 0.384 e. The molecule has 104 valence electrons. The molecule has 0 fully saturated rings. The number of thiophene rings is 1.